The van der Waals surface area contributed by atoms with E-state index in [0.29, 0.717) is 15.8 Å². The number of ether oxygens (including phenoxy) is 1. The summed E-state index contributed by atoms with van der Waals surface area (Å²) in [5, 5.41) is 14.9. The number of anilines is 2. The first-order valence-electron chi connectivity index (χ1n) is 8.37. The zero-order valence-corrected chi connectivity index (χ0v) is 16.3. The minimum Gasteiger partial charge on any atom is -0.497 e. The molecule has 142 valence electrons. The number of benzene rings is 2. The lowest BCUT2D eigenvalue weighted by Crippen LogP contribution is -2.50. The highest BCUT2D eigenvalue weighted by Crippen LogP contribution is 2.27. The minimum atomic E-state index is -0.460. The van der Waals surface area contributed by atoms with Crippen molar-refractivity contribution in [1.29, 1.82) is 0 Å². The van der Waals surface area contributed by atoms with Gasteiger partial charge in [0.25, 0.3) is 5.69 Å². The number of thiocarbonyl (C=S) groups is 1. The van der Waals surface area contributed by atoms with Crippen LogP contribution in [0.25, 0.3) is 0 Å². The van der Waals surface area contributed by atoms with Crippen molar-refractivity contribution in [2.24, 2.45) is 0 Å². The average Bonchev–Trinajstić information content (AvgIpc) is 2.69. The highest BCUT2D eigenvalue weighted by molar-refractivity contribution is 7.80. The maximum Gasteiger partial charge on any atom is 0.271 e. The van der Waals surface area contributed by atoms with Crippen molar-refractivity contribution < 1.29 is 9.66 Å². The molecule has 27 heavy (non-hydrogen) atoms. The molecule has 0 radical (unpaired) electrons. The molecule has 1 N–H and O–H groups in total. The SMILES string of the molecule is COc1ccc(N2CCN(C(=S)Nc3cc([N+](=O)[O-])ccc3Cl)CC2)cc1. The van der Waals surface area contributed by atoms with Gasteiger partial charge in [-0.3, -0.25) is 10.1 Å². The first kappa shape index (κ1) is 19.2. The van der Waals surface area contributed by atoms with Gasteiger partial charge in [-0.15, -0.1) is 0 Å². The zero-order chi connectivity index (χ0) is 19.4. The molecule has 1 aliphatic heterocycles. The van der Waals surface area contributed by atoms with Gasteiger partial charge < -0.3 is 19.9 Å². The molecular formula is C18H19ClN4O3S. The Morgan fingerprint density at radius 1 is 1.19 bits per heavy atom. The van der Waals surface area contributed by atoms with Gasteiger partial charge in [0.1, 0.15) is 5.75 Å². The van der Waals surface area contributed by atoms with E-state index >= 15 is 0 Å². The van der Waals surface area contributed by atoms with Crippen molar-refractivity contribution in [2.75, 3.05) is 43.5 Å². The predicted octanol–water partition coefficient (Wildman–Crippen LogP) is 3.78. The lowest BCUT2D eigenvalue weighted by atomic mass is 10.2. The number of hydrogen-bond acceptors (Lipinski definition) is 5. The molecule has 2 aromatic carbocycles. The molecule has 9 heteroatoms. The van der Waals surface area contributed by atoms with E-state index < -0.39 is 4.92 Å². The fraction of sp³-hybridized carbons (Fsp3) is 0.278. The number of nitro groups is 1. The third-order valence-electron chi connectivity index (χ3n) is 4.41. The second-order valence-electron chi connectivity index (χ2n) is 6.02. The Bertz CT molecular complexity index is 839. The summed E-state index contributed by atoms with van der Waals surface area (Å²) in [7, 11) is 1.65. The largest absolute Gasteiger partial charge is 0.497 e. The molecule has 1 aliphatic rings. The van der Waals surface area contributed by atoms with Gasteiger partial charge >= 0.3 is 0 Å². The highest BCUT2D eigenvalue weighted by Gasteiger charge is 2.20. The van der Waals surface area contributed by atoms with Crippen LogP contribution >= 0.6 is 23.8 Å². The summed E-state index contributed by atoms with van der Waals surface area (Å²) in [4.78, 5) is 14.8. The molecule has 0 amide bonds. The number of rotatable bonds is 4. The first-order valence-corrected chi connectivity index (χ1v) is 9.15. The number of hydrogen-bond donors (Lipinski definition) is 1. The lowest BCUT2D eigenvalue weighted by Gasteiger charge is -2.37. The maximum absolute atomic E-state index is 10.9. The van der Waals surface area contributed by atoms with Gasteiger partial charge in [-0.25, -0.2) is 0 Å². The normalized spacial score (nSPS) is 14.0. The smallest absolute Gasteiger partial charge is 0.271 e. The Hall–Kier alpha value is -2.58. The van der Waals surface area contributed by atoms with Crippen molar-refractivity contribution in [2.45, 2.75) is 0 Å². The summed E-state index contributed by atoms with van der Waals surface area (Å²) >= 11 is 11.6. The van der Waals surface area contributed by atoms with Crippen molar-refractivity contribution >= 4 is 46.0 Å². The van der Waals surface area contributed by atoms with Gasteiger partial charge in [0.05, 0.1) is 22.7 Å². The van der Waals surface area contributed by atoms with Crippen LogP contribution in [0.1, 0.15) is 0 Å². The van der Waals surface area contributed by atoms with E-state index in [2.05, 4.69) is 10.2 Å². The molecule has 0 aliphatic carbocycles. The molecule has 3 rings (SSSR count). The van der Waals surface area contributed by atoms with Crippen LogP contribution in [0.3, 0.4) is 0 Å². The van der Waals surface area contributed by atoms with Crippen LogP contribution in [0, 0.1) is 10.1 Å². The Balaban J connectivity index is 1.60. The van der Waals surface area contributed by atoms with Crippen LogP contribution in [-0.4, -0.2) is 48.2 Å². The monoisotopic (exact) mass is 406 g/mol. The number of halogens is 1. The molecule has 0 bridgehead atoms. The van der Waals surface area contributed by atoms with Gasteiger partial charge in [-0.1, -0.05) is 11.6 Å². The number of nitrogens with one attached hydrogen (secondary N) is 1. The van der Waals surface area contributed by atoms with Gasteiger partial charge in [-0.05, 0) is 42.5 Å². The second-order valence-corrected chi connectivity index (χ2v) is 6.82. The molecule has 7 nitrogen and oxygen atoms in total. The van der Waals surface area contributed by atoms with E-state index in [1.165, 1.54) is 18.2 Å². The molecule has 0 atom stereocenters. The molecule has 0 spiro atoms. The minimum absolute atomic E-state index is 0.0333. The molecule has 2 aromatic rings. The van der Waals surface area contributed by atoms with Gasteiger partial charge in [0.2, 0.25) is 0 Å². The Kier molecular flexibility index (Phi) is 5.98. The van der Waals surface area contributed by atoms with E-state index in [1.54, 1.807) is 7.11 Å². The number of nitro benzene ring substituents is 1. The van der Waals surface area contributed by atoms with Gasteiger partial charge in [0.15, 0.2) is 5.11 Å². The maximum atomic E-state index is 10.9. The predicted molar refractivity (Wildman–Crippen MR) is 111 cm³/mol. The van der Waals surface area contributed by atoms with Crippen molar-refractivity contribution in [3.8, 4) is 5.75 Å². The molecule has 0 saturated carbocycles. The number of methoxy groups -OCH3 is 1. The fourth-order valence-corrected chi connectivity index (χ4v) is 3.33. The molecule has 0 aromatic heterocycles. The van der Waals surface area contributed by atoms with E-state index in [4.69, 9.17) is 28.6 Å². The second kappa shape index (κ2) is 8.41. The molecule has 1 fully saturated rings. The van der Waals surface area contributed by atoms with Crippen LogP contribution in [0.2, 0.25) is 5.02 Å². The van der Waals surface area contributed by atoms with Crippen LogP contribution in [0.4, 0.5) is 17.1 Å². The van der Waals surface area contributed by atoms with Crippen LogP contribution in [0.15, 0.2) is 42.5 Å². The zero-order valence-electron chi connectivity index (χ0n) is 14.7. The Labute approximate surface area is 167 Å². The van der Waals surface area contributed by atoms with Gasteiger partial charge in [-0.2, -0.15) is 0 Å². The Morgan fingerprint density at radius 3 is 2.44 bits per heavy atom. The third-order valence-corrected chi connectivity index (χ3v) is 5.10. The average molecular weight is 407 g/mol. The van der Waals surface area contributed by atoms with Gasteiger partial charge in [0, 0.05) is 44.0 Å². The summed E-state index contributed by atoms with van der Waals surface area (Å²) in [5.74, 6) is 0.830. The first-order chi connectivity index (χ1) is 13.0. The summed E-state index contributed by atoms with van der Waals surface area (Å²) in [6.45, 7) is 3.11. The van der Waals surface area contributed by atoms with Crippen LogP contribution < -0.4 is 15.0 Å². The van der Waals surface area contributed by atoms with Crippen LogP contribution in [0.5, 0.6) is 5.75 Å². The summed E-state index contributed by atoms with van der Waals surface area (Å²) in [6, 6.07) is 12.2. The Morgan fingerprint density at radius 2 is 1.85 bits per heavy atom. The summed E-state index contributed by atoms with van der Waals surface area (Å²) < 4.78 is 5.19. The number of non-ortho nitro benzene ring substituents is 1. The summed E-state index contributed by atoms with van der Waals surface area (Å²) in [6.07, 6.45) is 0. The number of piperazine rings is 1. The van der Waals surface area contributed by atoms with Crippen molar-refractivity contribution in [3.63, 3.8) is 0 Å². The number of nitrogens with zero attached hydrogens (tertiary/aromatic N) is 3. The van der Waals surface area contributed by atoms with E-state index in [1.807, 2.05) is 29.2 Å². The molecule has 1 saturated heterocycles. The van der Waals surface area contributed by atoms with Crippen LogP contribution in [-0.2, 0) is 0 Å². The highest BCUT2D eigenvalue weighted by atomic mass is 35.5. The topological polar surface area (TPSA) is 70.9 Å². The van der Waals surface area contributed by atoms with E-state index in [0.717, 1.165) is 37.6 Å². The fourth-order valence-electron chi connectivity index (χ4n) is 2.88. The van der Waals surface area contributed by atoms with E-state index in [9.17, 15) is 10.1 Å². The molecule has 1 heterocycles. The van der Waals surface area contributed by atoms with Crippen molar-refractivity contribution in [1.82, 2.24) is 4.90 Å². The standard InChI is InChI=1S/C18H19ClN4O3S/c1-26-15-5-2-13(3-6-15)21-8-10-22(11-9-21)18(27)20-17-12-14(23(24)25)4-7-16(17)19/h2-7,12H,8-11H2,1H3,(H,20,27). The molecule has 0 unspecified atom stereocenters. The quantitative estimate of drug-likeness (QED) is 0.470. The summed E-state index contributed by atoms with van der Waals surface area (Å²) in [5.41, 5.74) is 1.54. The van der Waals surface area contributed by atoms with Crippen molar-refractivity contribution in [3.05, 3.63) is 57.6 Å². The molecular weight excluding hydrogens is 388 g/mol. The van der Waals surface area contributed by atoms with E-state index in [-0.39, 0.29) is 5.69 Å². The third kappa shape index (κ3) is 4.58. The lowest BCUT2D eigenvalue weighted by molar-refractivity contribution is -0.384.